The van der Waals surface area contributed by atoms with Crippen molar-refractivity contribution < 1.29 is 14.3 Å². The first-order valence-corrected chi connectivity index (χ1v) is 11.8. The standard InChI is InChI=1S/C27H37NO3/c1-18-14-22-23(27(4,5)12-11-26(22,2)3)16-19(18)15-21-9-10-24(31-21)25(30)28-13-7-6-8-20(28)17-29/h9-10,14,16,20,29H,6-8,11-13,15,17H2,1-5H3. The molecular formula is C27H37NO3. The Balaban J connectivity index is 1.58. The summed E-state index contributed by atoms with van der Waals surface area (Å²) in [4.78, 5) is 14.7. The molecule has 0 bridgehead atoms. The van der Waals surface area contributed by atoms with Crippen LogP contribution in [0, 0.1) is 6.92 Å². The number of carbonyl (C=O) groups excluding carboxylic acids is 1. The van der Waals surface area contributed by atoms with E-state index >= 15 is 0 Å². The Labute approximate surface area is 186 Å². The molecule has 1 aromatic heterocycles. The predicted molar refractivity (Wildman–Crippen MR) is 124 cm³/mol. The van der Waals surface area contributed by atoms with Crippen LogP contribution in [0.2, 0.25) is 0 Å². The topological polar surface area (TPSA) is 53.7 Å². The average molecular weight is 424 g/mol. The lowest BCUT2D eigenvalue weighted by molar-refractivity contribution is 0.0471. The lowest BCUT2D eigenvalue weighted by Crippen LogP contribution is -2.45. The summed E-state index contributed by atoms with van der Waals surface area (Å²) in [7, 11) is 0. The van der Waals surface area contributed by atoms with Crippen LogP contribution in [0.25, 0.3) is 0 Å². The molecule has 0 radical (unpaired) electrons. The van der Waals surface area contributed by atoms with E-state index in [-0.39, 0.29) is 29.4 Å². The first-order chi connectivity index (χ1) is 14.6. The number of aliphatic hydroxyl groups excluding tert-OH is 1. The van der Waals surface area contributed by atoms with E-state index in [0.29, 0.717) is 18.7 Å². The van der Waals surface area contributed by atoms with Gasteiger partial charge in [0, 0.05) is 13.0 Å². The third-order valence-electron chi connectivity index (χ3n) is 7.65. The highest BCUT2D eigenvalue weighted by atomic mass is 16.4. The van der Waals surface area contributed by atoms with Gasteiger partial charge in [-0.1, -0.05) is 39.8 Å². The number of aryl methyl sites for hydroxylation is 1. The number of hydrogen-bond donors (Lipinski definition) is 1. The normalized spacial score (nSPS) is 22.3. The number of rotatable bonds is 4. The van der Waals surface area contributed by atoms with Crippen molar-refractivity contribution in [3.63, 3.8) is 0 Å². The number of hydrogen-bond acceptors (Lipinski definition) is 3. The van der Waals surface area contributed by atoms with Crippen molar-refractivity contribution in [1.29, 1.82) is 0 Å². The Morgan fingerprint density at radius 1 is 1.10 bits per heavy atom. The van der Waals surface area contributed by atoms with Crippen LogP contribution in [-0.2, 0) is 17.3 Å². The molecule has 1 atom stereocenters. The van der Waals surface area contributed by atoms with Crippen molar-refractivity contribution in [1.82, 2.24) is 4.90 Å². The minimum Gasteiger partial charge on any atom is -0.456 e. The fourth-order valence-corrected chi connectivity index (χ4v) is 5.33. The van der Waals surface area contributed by atoms with E-state index in [1.54, 1.807) is 11.0 Å². The molecule has 1 saturated heterocycles. The maximum Gasteiger partial charge on any atom is 0.289 e. The summed E-state index contributed by atoms with van der Waals surface area (Å²) in [6.45, 7) is 12.3. The number of piperidine rings is 1. The van der Waals surface area contributed by atoms with E-state index in [1.807, 2.05) is 6.07 Å². The molecule has 0 saturated carbocycles. The zero-order valence-corrected chi connectivity index (χ0v) is 19.8. The minimum absolute atomic E-state index is 0.0137. The van der Waals surface area contributed by atoms with Gasteiger partial charge in [-0.05, 0) is 84.2 Å². The van der Waals surface area contributed by atoms with E-state index in [1.165, 1.54) is 35.1 Å². The summed E-state index contributed by atoms with van der Waals surface area (Å²) in [5.41, 5.74) is 5.85. The van der Waals surface area contributed by atoms with Crippen molar-refractivity contribution in [2.75, 3.05) is 13.2 Å². The van der Waals surface area contributed by atoms with Crippen LogP contribution >= 0.6 is 0 Å². The molecule has 1 aromatic carbocycles. The Morgan fingerprint density at radius 2 is 1.77 bits per heavy atom. The number of carbonyl (C=O) groups is 1. The van der Waals surface area contributed by atoms with Crippen LogP contribution in [0.1, 0.15) is 98.4 Å². The monoisotopic (exact) mass is 423 g/mol. The predicted octanol–water partition coefficient (Wildman–Crippen LogP) is 5.51. The maximum absolute atomic E-state index is 13.0. The van der Waals surface area contributed by atoms with Crippen LogP contribution in [0.15, 0.2) is 28.7 Å². The zero-order valence-electron chi connectivity index (χ0n) is 19.8. The molecule has 1 N–H and O–H groups in total. The van der Waals surface area contributed by atoms with Gasteiger partial charge in [0.25, 0.3) is 5.91 Å². The molecule has 1 fully saturated rings. The Morgan fingerprint density at radius 3 is 2.45 bits per heavy atom. The first kappa shape index (κ1) is 22.1. The maximum atomic E-state index is 13.0. The second kappa shape index (κ2) is 8.12. The van der Waals surface area contributed by atoms with Gasteiger partial charge in [-0.25, -0.2) is 0 Å². The van der Waals surface area contributed by atoms with E-state index in [9.17, 15) is 9.90 Å². The first-order valence-electron chi connectivity index (χ1n) is 11.8. The zero-order chi connectivity index (χ0) is 22.4. The van der Waals surface area contributed by atoms with E-state index in [2.05, 4.69) is 46.8 Å². The largest absolute Gasteiger partial charge is 0.456 e. The number of benzene rings is 1. The van der Waals surface area contributed by atoms with Gasteiger partial charge < -0.3 is 14.4 Å². The van der Waals surface area contributed by atoms with Gasteiger partial charge in [0.2, 0.25) is 0 Å². The van der Waals surface area contributed by atoms with Crippen molar-refractivity contribution >= 4 is 5.91 Å². The van der Waals surface area contributed by atoms with Crippen LogP contribution in [0.3, 0.4) is 0 Å². The van der Waals surface area contributed by atoms with Crippen LogP contribution < -0.4 is 0 Å². The molecular weight excluding hydrogens is 386 g/mol. The summed E-state index contributed by atoms with van der Waals surface area (Å²) in [6.07, 6.45) is 5.99. The Bertz CT molecular complexity index is 969. The number of aliphatic hydroxyl groups is 1. The molecule has 2 aliphatic rings. The lowest BCUT2D eigenvalue weighted by Gasteiger charge is -2.42. The number of nitrogens with zero attached hydrogens (tertiary/aromatic N) is 1. The highest BCUT2D eigenvalue weighted by molar-refractivity contribution is 5.91. The van der Waals surface area contributed by atoms with Gasteiger partial charge in [0.15, 0.2) is 5.76 Å². The second-order valence-corrected chi connectivity index (χ2v) is 10.9. The summed E-state index contributed by atoms with van der Waals surface area (Å²) >= 11 is 0. The van der Waals surface area contributed by atoms with Gasteiger partial charge in [-0.15, -0.1) is 0 Å². The molecule has 0 spiro atoms. The highest BCUT2D eigenvalue weighted by Crippen LogP contribution is 2.46. The quantitative estimate of drug-likeness (QED) is 0.705. The van der Waals surface area contributed by atoms with E-state index in [0.717, 1.165) is 25.0 Å². The molecule has 1 amide bonds. The van der Waals surface area contributed by atoms with Gasteiger partial charge in [0.1, 0.15) is 5.76 Å². The molecule has 2 aromatic rings. The van der Waals surface area contributed by atoms with Crippen molar-refractivity contribution in [3.8, 4) is 0 Å². The summed E-state index contributed by atoms with van der Waals surface area (Å²) in [6, 6.07) is 8.38. The molecule has 2 heterocycles. The molecule has 4 rings (SSSR count). The Hall–Kier alpha value is -2.07. The van der Waals surface area contributed by atoms with Crippen LogP contribution in [0.5, 0.6) is 0 Å². The SMILES string of the molecule is Cc1cc2c(cc1Cc1ccc(C(=O)N3CCCCC3CO)o1)C(C)(C)CCC2(C)C. The minimum atomic E-state index is -0.102. The number of amides is 1. The summed E-state index contributed by atoms with van der Waals surface area (Å²) < 4.78 is 6.01. The van der Waals surface area contributed by atoms with E-state index in [4.69, 9.17) is 4.42 Å². The third kappa shape index (κ3) is 4.19. The average Bonchev–Trinajstić information content (AvgIpc) is 3.20. The fraction of sp³-hybridized carbons (Fsp3) is 0.593. The van der Waals surface area contributed by atoms with E-state index < -0.39 is 0 Å². The van der Waals surface area contributed by atoms with Crippen molar-refractivity contribution in [3.05, 3.63) is 58.0 Å². The summed E-state index contributed by atoms with van der Waals surface area (Å²) in [5.74, 6) is 1.10. The number of fused-ring (bicyclic) bond motifs is 1. The molecule has 168 valence electrons. The molecule has 4 nitrogen and oxygen atoms in total. The molecule has 1 aliphatic carbocycles. The molecule has 1 unspecified atom stereocenters. The highest BCUT2D eigenvalue weighted by Gasteiger charge is 2.37. The Kier molecular flexibility index (Phi) is 5.80. The van der Waals surface area contributed by atoms with Crippen molar-refractivity contribution in [2.24, 2.45) is 0 Å². The van der Waals surface area contributed by atoms with Gasteiger partial charge in [0.05, 0.1) is 12.6 Å². The van der Waals surface area contributed by atoms with Crippen LogP contribution in [0.4, 0.5) is 0 Å². The molecule has 1 aliphatic heterocycles. The number of likely N-dealkylation sites (tertiary alicyclic amines) is 1. The van der Waals surface area contributed by atoms with Gasteiger partial charge >= 0.3 is 0 Å². The second-order valence-electron chi connectivity index (χ2n) is 10.9. The molecule has 31 heavy (non-hydrogen) atoms. The van der Waals surface area contributed by atoms with Crippen molar-refractivity contribution in [2.45, 2.75) is 90.0 Å². The van der Waals surface area contributed by atoms with Gasteiger partial charge in [-0.3, -0.25) is 4.79 Å². The third-order valence-corrected chi connectivity index (χ3v) is 7.65. The summed E-state index contributed by atoms with van der Waals surface area (Å²) in [5, 5.41) is 9.64. The fourth-order valence-electron chi connectivity index (χ4n) is 5.33. The molecule has 4 heteroatoms. The smallest absolute Gasteiger partial charge is 0.289 e. The number of furan rings is 1. The lowest BCUT2D eigenvalue weighted by atomic mass is 9.62. The van der Waals surface area contributed by atoms with Crippen LogP contribution in [-0.4, -0.2) is 35.1 Å². The van der Waals surface area contributed by atoms with Gasteiger partial charge in [-0.2, -0.15) is 0 Å².